The van der Waals surface area contributed by atoms with E-state index in [-0.39, 0.29) is 24.0 Å². The van der Waals surface area contributed by atoms with Crippen LogP contribution in [0.3, 0.4) is 0 Å². The van der Waals surface area contributed by atoms with Gasteiger partial charge in [0, 0.05) is 32.8 Å². The van der Waals surface area contributed by atoms with Gasteiger partial charge >= 0.3 is 0 Å². The van der Waals surface area contributed by atoms with Crippen LogP contribution in [0, 0.1) is 5.92 Å². The fourth-order valence-electron chi connectivity index (χ4n) is 3.59. The summed E-state index contributed by atoms with van der Waals surface area (Å²) in [6.45, 7) is 8.34. The zero-order valence-electron chi connectivity index (χ0n) is 15.6. The number of likely N-dealkylation sites (tertiary alicyclic amines) is 1. The Labute approximate surface area is 165 Å². The molecule has 0 aromatic carbocycles. The van der Waals surface area contributed by atoms with Crippen molar-refractivity contribution in [3.63, 3.8) is 0 Å². The first-order valence-corrected chi connectivity index (χ1v) is 9.58. The molecule has 1 heterocycles. The highest BCUT2D eigenvalue weighted by Crippen LogP contribution is 2.18. The van der Waals surface area contributed by atoms with Gasteiger partial charge in [0.1, 0.15) is 0 Å². The minimum Gasteiger partial charge on any atom is -0.383 e. The molecule has 0 radical (unpaired) electrons. The van der Waals surface area contributed by atoms with Crippen molar-refractivity contribution in [2.24, 2.45) is 10.9 Å². The number of nitrogens with one attached hydrogen (secondary N) is 2. The third-order valence-electron chi connectivity index (χ3n) is 5.12. The van der Waals surface area contributed by atoms with Crippen LogP contribution in [0.4, 0.5) is 0 Å². The summed E-state index contributed by atoms with van der Waals surface area (Å²) < 4.78 is 5.17. The monoisotopic (exact) mass is 452 g/mol. The van der Waals surface area contributed by atoms with Crippen molar-refractivity contribution in [1.82, 2.24) is 15.5 Å². The Morgan fingerprint density at radius 3 is 2.46 bits per heavy atom. The molecule has 0 aromatic rings. The Morgan fingerprint density at radius 1 is 1.12 bits per heavy atom. The predicted molar refractivity (Wildman–Crippen MR) is 112 cm³/mol. The smallest absolute Gasteiger partial charge is 0.191 e. The second-order valence-corrected chi connectivity index (χ2v) is 6.98. The maximum absolute atomic E-state index is 5.17. The summed E-state index contributed by atoms with van der Waals surface area (Å²) >= 11 is 0. The van der Waals surface area contributed by atoms with Crippen LogP contribution in [-0.4, -0.2) is 63.3 Å². The first-order valence-electron chi connectivity index (χ1n) is 9.58. The molecule has 1 saturated heterocycles. The first-order chi connectivity index (χ1) is 11.3. The van der Waals surface area contributed by atoms with Gasteiger partial charge in [0.15, 0.2) is 5.96 Å². The van der Waals surface area contributed by atoms with Crippen molar-refractivity contribution in [2.45, 2.75) is 57.9 Å². The molecule has 0 spiro atoms. The summed E-state index contributed by atoms with van der Waals surface area (Å²) in [5.74, 6) is 1.76. The average molecular weight is 452 g/mol. The number of hydrogen-bond donors (Lipinski definition) is 2. The van der Waals surface area contributed by atoms with Gasteiger partial charge in [-0.25, -0.2) is 0 Å². The van der Waals surface area contributed by atoms with Crippen molar-refractivity contribution in [3.8, 4) is 0 Å². The number of nitrogens with zero attached hydrogens (tertiary/aromatic N) is 2. The highest BCUT2D eigenvalue weighted by molar-refractivity contribution is 14.0. The van der Waals surface area contributed by atoms with E-state index in [2.05, 4.69) is 22.5 Å². The lowest BCUT2D eigenvalue weighted by molar-refractivity contribution is 0.121. The maximum atomic E-state index is 5.17. The normalized spacial score (nSPS) is 21.3. The zero-order valence-corrected chi connectivity index (χ0v) is 17.9. The molecule has 0 aromatic heterocycles. The predicted octanol–water partition coefficient (Wildman–Crippen LogP) is 2.85. The second kappa shape index (κ2) is 13.2. The van der Waals surface area contributed by atoms with Crippen LogP contribution in [0.25, 0.3) is 0 Å². The molecule has 2 N–H and O–H groups in total. The summed E-state index contributed by atoms with van der Waals surface area (Å²) in [5, 5.41) is 7.06. The third kappa shape index (κ3) is 8.34. The quantitative estimate of drug-likeness (QED) is 0.355. The highest BCUT2D eigenvalue weighted by atomic mass is 127. The van der Waals surface area contributed by atoms with Crippen LogP contribution in [0.2, 0.25) is 0 Å². The number of methoxy groups -OCH3 is 1. The van der Waals surface area contributed by atoms with E-state index in [9.17, 15) is 0 Å². The maximum Gasteiger partial charge on any atom is 0.191 e. The molecule has 142 valence electrons. The molecule has 0 unspecified atom stereocenters. The van der Waals surface area contributed by atoms with E-state index >= 15 is 0 Å². The molecule has 0 bridgehead atoms. The molecule has 1 saturated carbocycles. The Balaban J connectivity index is 0.00000288. The van der Waals surface area contributed by atoms with Crippen LogP contribution < -0.4 is 10.6 Å². The van der Waals surface area contributed by atoms with Crippen molar-refractivity contribution in [2.75, 3.05) is 46.4 Å². The van der Waals surface area contributed by atoms with Crippen LogP contribution in [0.15, 0.2) is 4.99 Å². The number of piperidine rings is 1. The summed E-state index contributed by atoms with van der Waals surface area (Å²) in [4.78, 5) is 7.38. The lowest BCUT2D eigenvalue weighted by atomic mass is 9.95. The topological polar surface area (TPSA) is 48.9 Å². The number of hydrogen-bond acceptors (Lipinski definition) is 3. The van der Waals surface area contributed by atoms with E-state index in [4.69, 9.17) is 9.73 Å². The molecule has 1 aliphatic carbocycles. The molecule has 0 atom stereocenters. The van der Waals surface area contributed by atoms with Gasteiger partial charge in [-0.1, -0.05) is 19.3 Å². The lowest BCUT2D eigenvalue weighted by Gasteiger charge is -2.31. The molecule has 0 amide bonds. The minimum atomic E-state index is 0. The van der Waals surface area contributed by atoms with Gasteiger partial charge in [0.2, 0.25) is 0 Å². The minimum absolute atomic E-state index is 0. The Morgan fingerprint density at radius 2 is 1.83 bits per heavy atom. The van der Waals surface area contributed by atoms with Crippen LogP contribution in [-0.2, 0) is 4.74 Å². The first kappa shape index (κ1) is 22.0. The molecular formula is C18H37IN4O. The third-order valence-corrected chi connectivity index (χ3v) is 5.12. The van der Waals surface area contributed by atoms with E-state index < -0.39 is 0 Å². The molecule has 2 fully saturated rings. The van der Waals surface area contributed by atoms with Gasteiger partial charge in [0.25, 0.3) is 0 Å². The SMILES string of the molecule is CCNC(=NCC1CCN(CCOC)CC1)NC1CCCCC1.I. The molecule has 1 aliphatic heterocycles. The van der Waals surface area contributed by atoms with Gasteiger partial charge in [-0.3, -0.25) is 4.99 Å². The van der Waals surface area contributed by atoms with Crippen molar-refractivity contribution in [1.29, 1.82) is 0 Å². The summed E-state index contributed by atoms with van der Waals surface area (Å²) in [7, 11) is 1.78. The van der Waals surface area contributed by atoms with Crippen molar-refractivity contribution in [3.05, 3.63) is 0 Å². The Hall–Kier alpha value is -0.0800. The van der Waals surface area contributed by atoms with E-state index in [1.165, 1.54) is 58.0 Å². The second-order valence-electron chi connectivity index (χ2n) is 6.98. The van der Waals surface area contributed by atoms with Crippen LogP contribution in [0.5, 0.6) is 0 Å². The van der Waals surface area contributed by atoms with Gasteiger partial charge in [0.05, 0.1) is 6.61 Å². The summed E-state index contributed by atoms with van der Waals surface area (Å²) in [6, 6.07) is 0.623. The fraction of sp³-hybridized carbons (Fsp3) is 0.944. The summed E-state index contributed by atoms with van der Waals surface area (Å²) in [6.07, 6.45) is 9.22. The largest absolute Gasteiger partial charge is 0.383 e. The molecule has 5 nitrogen and oxygen atoms in total. The average Bonchev–Trinajstić information content (AvgIpc) is 2.60. The molecule has 2 rings (SSSR count). The molecule has 2 aliphatic rings. The number of halogens is 1. The van der Waals surface area contributed by atoms with Crippen LogP contribution in [0.1, 0.15) is 51.9 Å². The summed E-state index contributed by atoms with van der Waals surface area (Å²) in [5.41, 5.74) is 0. The van der Waals surface area contributed by atoms with Gasteiger partial charge in [-0.2, -0.15) is 0 Å². The number of guanidine groups is 1. The lowest BCUT2D eigenvalue weighted by Crippen LogP contribution is -2.44. The molecular weight excluding hydrogens is 415 g/mol. The molecule has 6 heteroatoms. The van der Waals surface area contributed by atoms with Gasteiger partial charge < -0.3 is 20.3 Å². The van der Waals surface area contributed by atoms with Gasteiger partial charge in [-0.05, 0) is 51.6 Å². The number of ether oxygens (including phenoxy) is 1. The zero-order chi connectivity index (χ0) is 16.3. The molecule has 24 heavy (non-hydrogen) atoms. The van der Waals surface area contributed by atoms with Crippen molar-refractivity contribution >= 4 is 29.9 Å². The van der Waals surface area contributed by atoms with Gasteiger partial charge in [-0.15, -0.1) is 24.0 Å². The van der Waals surface area contributed by atoms with Crippen molar-refractivity contribution < 1.29 is 4.74 Å². The standard InChI is InChI=1S/C18H36N4O.HI/c1-3-19-18(21-17-7-5-4-6-8-17)20-15-16-9-11-22(12-10-16)13-14-23-2;/h16-17H,3-15H2,1-2H3,(H2,19,20,21);1H. The fourth-order valence-corrected chi connectivity index (χ4v) is 3.59. The van der Waals surface area contributed by atoms with E-state index in [1.54, 1.807) is 7.11 Å². The Kier molecular flexibility index (Phi) is 12.0. The number of aliphatic imine (C=N–C) groups is 1. The number of rotatable bonds is 7. The van der Waals surface area contributed by atoms with E-state index in [1.807, 2.05) is 0 Å². The Bertz CT molecular complexity index is 340. The van der Waals surface area contributed by atoms with E-state index in [0.717, 1.165) is 38.1 Å². The highest BCUT2D eigenvalue weighted by Gasteiger charge is 2.19. The van der Waals surface area contributed by atoms with E-state index in [0.29, 0.717) is 6.04 Å². The van der Waals surface area contributed by atoms with Crippen LogP contribution >= 0.6 is 24.0 Å².